The lowest BCUT2D eigenvalue weighted by molar-refractivity contribution is -0.385. The molecule has 2 rings (SSSR count). The predicted molar refractivity (Wildman–Crippen MR) is 77.0 cm³/mol. The van der Waals surface area contributed by atoms with Crippen LogP contribution in [0.1, 0.15) is 23.5 Å². The fourth-order valence-electron chi connectivity index (χ4n) is 1.78. The molecular weight excluding hydrogens is 278 g/mol. The Labute approximate surface area is 120 Å². The first-order valence-corrected chi connectivity index (χ1v) is 6.93. The van der Waals surface area contributed by atoms with E-state index in [0.717, 1.165) is 10.6 Å². The topological polar surface area (TPSA) is 77.3 Å². The zero-order valence-electron chi connectivity index (χ0n) is 11.2. The van der Waals surface area contributed by atoms with Crippen LogP contribution in [0.5, 0.6) is 5.75 Å². The van der Waals surface area contributed by atoms with Crippen molar-refractivity contribution in [2.45, 2.75) is 19.5 Å². The lowest BCUT2D eigenvalue weighted by Gasteiger charge is -2.11. The van der Waals surface area contributed by atoms with E-state index in [0.29, 0.717) is 12.3 Å². The minimum atomic E-state index is -0.420. The molecule has 1 aromatic heterocycles. The van der Waals surface area contributed by atoms with Gasteiger partial charge in [-0.1, -0.05) is 0 Å². The average Bonchev–Trinajstić information content (AvgIpc) is 2.98. The van der Waals surface area contributed by atoms with Crippen LogP contribution in [0, 0.1) is 10.1 Å². The van der Waals surface area contributed by atoms with E-state index in [2.05, 4.69) is 10.3 Å². The molecule has 1 heterocycles. The van der Waals surface area contributed by atoms with Gasteiger partial charge in [-0.3, -0.25) is 10.1 Å². The second kappa shape index (κ2) is 6.44. The van der Waals surface area contributed by atoms with Crippen LogP contribution in [0.25, 0.3) is 0 Å². The lowest BCUT2D eigenvalue weighted by atomic mass is 10.1. The number of aromatic nitrogens is 1. The maximum absolute atomic E-state index is 10.9. The number of nitrogens with zero attached hydrogens (tertiary/aromatic N) is 2. The average molecular weight is 293 g/mol. The quantitative estimate of drug-likeness (QED) is 0.654. The van der Waals surface area contributed by atoms with Gasteiger partial charge in [0.15, 0.2) is 0 Å². The van der Waals surface area contributed by atoms with Crippen LogP contribution in [-0.2, 0) is 6.54 Å². The summed E-state index contributed by atoms with van der Waals surface area (Å²) in [6.07, 6.45) is 1.76. The van der Waals surface area contributed by atoms with Gasteiger partial charge in [-0.15, -0.1) is 11.3 Å². The molecule has 1 N–H and O–H groups in total. The Morgan fingerprint density at radius 2 is 2.30 bits per heavy atom. The zero-order chi connectivity index (χ0) is 14.5. The number of ether oxygens (including phenoxy) is 1. The third-order valence-electron chi connectivity index (χ3n) is 2.83. The highest BCUT2D eigenvalue weighted by Crippen LogP contribution is 2.23. The Balaban J connectivity index is 2.09. The molecule has 0 bridgehead atoms. The molecule has 1 aromatic carbocycles. The number of thiazole rings is 1. The molecule has 0 radical (unpaired) electrons. The van der Waals surface area contributed by atoms with Crippen molar-refractivity contribution >= 4 is 17.0 Å². The van der Waals surface area contributed by atoms with Crippen LogP contribution in [-0.4, -0.2) is 17.0 Å². The Morgan fingerprint density at radius 3 is 2.90 bits per heavy atom. The van der Waals surface area contributed by atoms with Crippen molar-refractivity contribution in [3.8, 4) is 5.75 Å². The monoisotopic (exact) mass is 293 g/mol. The van der Waals surface area contributed by atoms with E-state index in [1.807, 2.05) is 12.3 Å². The Morgan fingerprint density at radius 1 is 1.50 bits per heavy atom. The Kier molecular flexibility index (Phi) is 4.65. The molecule has 2 aromatic rings. The molecule has 7 heteroatoms. The number of hydrogen-bond donors (Lipinski definition) is 1. The second-order valence-electron chi connectivity index (χ2n) is 4.27. The SMILES string of the molecule is COc1cc(CNC(C)c2nccs2)cc([N+](=O)[O-])c1. The van der Waals surface area contributed by atoms with Gasteiger partial charge in [-0.25, -0.2) is 4.98 Å². The number of nitro benzene ring substituents is 1. The molecular formula is C13H15N3O3S. The molecule has 0 amide bonds. The van der Waals surface area contributed by atoms with Crippen molar-refractivity contribution in [3.05, 3.63) is 50.5 Å². The first-order valence-electron chi connectivity index (χ1n) is 6.05. The van der Waals surface area contributed by atoms with Crippen LogP contribution < -0.4 is 10.1 Å². The Bertz CT molecular complexity index is 587. The van der Waals surface area contributed by atoms with Crippen LogP contribution in [0.3, 0.4) is 0 Å². The van der Waals surface area contributed by atoms with Gasteiger partial charge in [-0.05, 0) is 18.6 Å². The van der Waals surface area contributed by atoms with Gasteiger partial charge < -0.3 is 10.1 Å². The number of nitrogens with one attached hydrogen (secondary N) is 1. The molecule has 106 valence electrons. The molecule has 0 spiro atoms. The van der Waals surface area contributed by atoms with Gasteiger partial charge in [0, 0.05) is 24.2 Å². The third-order valence-corrected chi connectivity index (χ3v) is 3.79. The van der Waals surface area contributed by atoms with Gasteiger partial charge in [0.1, 0.15) is 10.8 Å². The van der Waals surface area contributed by atoms with E-state index in [4.69, 9.17) is 4.74 Å². The molecule has 6 nitrogen and oxygen atoms in total. The summed E-state index contributed by atoms with van der Waals surface area (Å²) in [4.78, 5) is 14.7. The van der Waals surface area contributed by atoms with Crippen LogP contribution in [0.15, 0.2) is 29.8 Å². The van der Waals surface area contributed by atoms with Crippen LogP contribution >= 0.6 is 11.3 Å². The maximum atomic E-state index is 10.9. The molecule has 0 aliphatic carbocycles. The molecule has 20 heavy (non-hydrogen) atoms. The highest BCUT2D eigenvalue weighted by atomic mass is 32.1. The predicted octanol–water partition coefficient (Wildman–Crippen LogP) is 2.91. The molecule has 0 saturated carbocycles. The number of benzene rings is 1. The van der Waals surface area contributed by atoms with Gasteiger partial charge in [0.2, 0.25) is 0 Å². The summed E-state index contributed by atoms with van der Waals surface area (Å²) >= 11 is 1.58. The van der Waals surface area contributed by atoms with E-state index < -0.39 is 4.92 Å². The minimum absolute atomic E-state index is 0.0306. The summed E-state index contributed by atoms with van der Waals surface area (Å²) in [6, 6.07) is 4.84. The third kappa shape index (κ3) is 3.52. The summed E-state index contributed by atoms with van der Waals surface area (Å²) in [5.41, 5.74) is 0.836. The number of nitro groups is 1. The van der Waals surface area contributed by atoms with Crippen molar-refractivity contribution in [2.75, 3.05) is 7.11 Å². The highest BCUT2D eigenvalue weighted by molar-refractivity contribution is 7.09. The largest absolute Gasteiger partial charge is 0.496 e. The number of hydrogen-bond acceptors (Lipinski definition) is 6. The molecule has 1 atom stereocenters. The van der Waals surface area contributed by atoms with Gasteiger partial charge in [0.05, 0.1) is 24.1 Å². The fourth-order valence-corrected chi connectivity index (χ4v) is 2.45. The van der Waals surface area contributed by atoms with E-state index in [1.54, 1.807) is 29.7 Å². The number of methoxy groups -OCH3 is 1. The van der Waals surface area contributed by atoms with E-state index in [9.17, 15) is 10.1 Å². The van der Waals surface area contributed by atoms with Crippen molar-refractivity contribution in [3.63, 3.8) is 0 Å². The van der Waals surface area contributed by atoms with Crippen molar-refractivity contribution in [1.29, 1.82) is 0 Å². The molecule has 0 aliphatic heterocycles. The molecule has 0 saturated heterocycles. The van der Waals surface area contributed by atoms with Crippen molar-refractivity contribution in [1.82, 2.24) is 10.3 Å². The zero-order valence-corrected chi connectivity index (χ0v) is 12.0. The van der Waals surface area contributed by atoms with Crippen LogP contribution in [0.2, 0.25) is 0 Å². The van der Waals surface area contributed by atoms with Gasteiger partial charge in [0.25, 0.3) is 5.69 Å². The smallest absolute Gasteiger partial charge is 0.273 e. The summed E-state index contributed by atoms with van der Waals surface area (Å²) in [7, 11) is 1.49. The number of non-ortho nitro benzene ring substituents is 1. The normalized spacial score (nSPS) is 12.1. The molecule has 0 aliphatic rings. The van der Waals surface area contributed by atoms with Crippen molar-refractivity contribution < 1.29 is 9.66 Å². The first kappa shape index (κ1) is 14.4. The highest BCUT2D eigenvalue weighted by Gasteiger charge is 2.12. The summed E-state index contributed by atoms with van der Waals surface area (Å²) in [5, 5.41) is 17.1. The summed E-state index contributed by atoms with van der Waals surface area (Å²) in [6.45, 7) is 2.52. The second-order valence-corrected chi connectivity index (χ2v) is 5.20. The standard InChI is InChI=1S/C13H15N3O3S/c1-9(13-14-3-4-20-13)15-8-10-5-11(16(17)18)7-12(6-10)19-2/h3-7,9,15H,8H2,1-2H3. The number of rotatable bonds is 6. The summed E-state index contributed by atoms with van der Waals surface area (Å²) < 4.78 is 5.08. The molecule has 1 unspecified atom stereocenters. The summed E-state index contributed by atoms with van der Waals surface area (Å²) in [5.74, 6) is 0.484. The minimum Gasteiger partial charge on any atom is -0.496 e. The van der Waals surface area contributed by atoms with E-state index in [-0.39, 0.29) is 11.7 Å². The van der Waals surface area contributed by atoms with E-state index >= 15 is 0 Å². The van der Waals surface area contributed by atoms with Crippen molar-refractivity contribution in [2.24, 2.45) is 0 Å². The molecule has 0 fully saturated rings. The fraction of sp³-hybridized carbons (Fsp3) is 0.308. The van der Waals surface area contributed by atoms with Gasteiger partial charge in [-0.2, -0.15) is 0 Å². The van der Waals surface area contributed by atoms with Crippen LogP contribution in [0.4, 0.5) is 5.69 Å². The van der Waals surface area contributed by atoms with E-state index in [1.165, 1.54) is 13.2 Å². The Hall–Kier alpha value is -1.99. The van der Waals surface area contributed by atoms with Gasteiger partial charge >= 0.3 is 0 Å². The lowest BCUT2D eigenvalue weighted by Crippen LogP contribution is -2.18. The maximum Gasteiger partial charge on any atom is 0.273 e. The first-order chi connectivity index (χ1) is 9.60.